The second-order valence-corrected chi connectivity index (χ2v) is 6.49. The van der Waals surface area contributed by atoms with E-state index < -0.39 is 37.0 Å². The van der Waals surface area contributed by atoms with Crippen LogP contribution in [0.3, 0.4) is 0 Å². The molecule has 0 spiro atoms. The Kier molecular flexibility index (Phi) is 5.31. The minimum absolute atomic E-state index is 0.105. The van der Waals surface area contributed by atoms with Crippen LogP contribution in [0.5, 0.6) is 0 Å². The number of aliphatic hydroxyl groups excluding tert-OH is 2. The summed E-state index contributed by atoms with van der Waals surface area (Å²) in [4.78, 5) is 0. The van der Waals surface area contributed by atoms with Crippen molar-refractivity contribution in [2.24, 2.45) is 0 Å². The second kappa shape index (κ2) is 7.84. The van der Waals surface area contributed by atoms with Crippen molar-refractivity contribution in [3.05, 3.63) is 71.8 Å². The van der Waals surface area contributed by atoms with Gasteiger partial charge >= 0.3 is 0 Å². The Morgan fingerprint density at radius 3 is 1.38 bits per heavy atom. The molecule has 6 atom stereocenters. The summed E-state index contributed by atoms with van der Waals surface area (Å²) in [5.41, 5.74) is 1.70. The van der Waals surface area contributed by atoms with Crippen LogP contribution < -0.4 is 0 Å². The number of hydrogen-bond donors (Lipinski definition) is 2. The van der Waals surface area contributed by atoms with Crippen LogP contribution in [0.2, 0.25) is 0 Å². The van der Waals surface area contributed by atoms with Crippen LogP contribution in [0.15, 0.2) is 60.7 Å². The highest BCUT2D eigenvalue weighted by Gasteiger charge is 2.44. The fourth-order valence-corrected chi connectivity index (χ4v) is 3.27. The Bertz CT molecular complexity index is 632. The first kappa shape index (κ1) is 17.6. The van der Waals surface area contributed by atoms with Gasteiger partial charge in [-0.2, -0.15) is 0 Å². The average molecular weight is 358 g/mol. The molecule has 0 saturated carbocycles. The van der Waals surface area contributed by atoms with Gasteiger partial charge in [0.2, 0.25) is 0 Å². The van der Waals surface area contributed by atoms with E-state index >= 15 is 0 Å². The number of rotatable bonds is 3. The van der Waals surface area contributed by atoms with Crippen LogP contribution in [-0.2, 0) is 18.9 Å². The first-order valence-electron chi connectivity index (χ1n) is 8.72. The highest BCUT2D eigenvalue weighted by Crippen LogP contribution is 2.34. The van der Waals surface area contributed by atoms with Crippen LogP contribution >= 0.6 is 0 Å². The molecule has 3 unspecified atom stereocenters. The topological polar surface area (TPSA) is 77.4 Å². The summed E-state index contributed by atoms with van der Waals surface area (Å²) in [7, 11) is 0. The molecular formula is C20H22O6. The van der Waals surface area contributed by atoms with Crippen molar-refractivity contribution in [2.45, 2.75) is 37.0 Å². The largest absolute Gasteiger partial charge is 0.388 e. The normalized spacial score (nSPS) is 35.2. The summed E-state index contributed by atoms with van der Waals surface area (Å²) in [6, 6.07) is 19.0. The Morgan fingerprint density at radius 1 is 0.615 bits per heavy atom. The lowest BCUT2D eigenvalue weighted by molar-refractivity contribution is -0.331. The lowest BCUT2D eigenvalue weighted by Crippen LogP contribution is -2.55. The molecule has 6 heteroatoms. The average Bonchev–Trinajstić information content (AvgIpc) is 2.70. The molecule has 2 aliphatic heterocycles. The zero-order chi connectivity index (χ0) is 17.9. The maximum atomic E-state index is 10.4. The third-order valence-electron chi connectivity index (χ3n) is 4.62. The fourth-order valence-electron chi connectivity index (χ4n) is 3.27. The van der Waals surface area contributed by atoms with E-state index in [1.165, 1.54) is 0 Å². The molecular weight excluding hydrogens is 336 g/mol. The predicted molar refractivity (Wildman–Crippen MR) is 92.0 cm³/mol. The van der Waals surface area contributed by atoms with E-state index in [0.29, 0.717) is 0 Å². The molecule has 138 valence electrons. The summed E-state index contributed by atoms with van der Waals surface area (Å²) in [5, 5.41) is 20.8. The first-order chi connectivity index (χ1) is 12.7. The molecule has 0 radical (unpaired) electrons. The zero-order valence-corrected chi connectivity index (χ0v) is 14.2. The maximum absolute atomic E-state index is 10.4. The van der Waals surface area contributed by atoms with Crippen molar-refractivity contribution < 1.29 is 29.2 Å². The van der Waals surface area contributed by atoms with E-state index in [1.54, 1.807) is 0 Å². The van der Waals surface area contributed by atoms with Crippen molar-refractivity contribution in [1.29, 1.82) is 0 Å². The lowest BCUT2D eigenvalue weighted by atomic mass is 10.0. The molecule has 0 aromatic heterocycles. The molecule has 26 heavy (non-hydrogen) atoms. The Labute approximate surface area is 151 Å². The van der Waals surface area contributed by atoms with Crippen molar-refractivity contribution >= 4 is 0 Å². The molecule has 2 heterocycles. The van der Waals surface area contributed by atoms with Gasteiger partial charge in [-0.15, -0.1) is 0 Å². The first-order valence-corrected chi connectivity index (χ1v) is 8.72. The summed E-state index contributed by atoms with van der Waals surface area (Å²) >= 11 is 0. The van der Waals surface area contributed by atoms with Gasteiger partial charge in [0.15, 0.2) is 12.6 Å². The van der Waals surface area contributed by atoms with Crippen LogP contribution in [0, 0.1) is 0 Å². The van der Waals surface area contributed by atoms with E-state index in [2.05, 4.69) is 0 Å². The van der Waals surface area contributed by atoms with Crippen molar-refractivity contribution in [3.63, 3.8) is 0 Å². The van der Waals surface area contributed by atoms with Crippen molar-refractivity contribution in [1.82, 2.24) is 0 Å². The Hall–Kier alpha value is -1.80. The second-order valence-electron chi connectivity index (χ2n) is 6.49. The Balaban J connectivity index is 1.51. The summed E-state index contributed by atoms with van der Waals surface area (Å²) in [6.45, 7) is 0.210. The van der Waals surface area contributed by atoms with Gasteiger partial charge < -0.3 is 29.2 Å². The van der Waals surface area contributed by atoms with Crippen LogP contribution in [0.25, 0.3) is 0 Å². The van der Waals surface area contributed by atoms with Crippen LogP contribution in [0.4, 0.5) is 0 Å². The monoisotopic (exact) mass is 358 g/mol. The number of aliphatic hydroxyl groups is 2. The van der Waals surface area contributed by atoms with Crippen molar-refractivity contribution in [3.8, 4) is 0 Å². The van der Waals surface area contributed by atoms with Gasteiger partial charge in [-0.1, -0.05) is 60.7 Å². The number of hydrogen-bond acceptors (Lipinski definition) is 6. The van der Waals surface area contributed by atoms with Gasteiger partial charge in [-0.05, 0) is 0 Å². The predicted octanol–water partition coefficient (Wildman–Crippen LogP) is 1.94. The minimum Gasteiger partial charge on any atom is -0.388 e. The van der Waals surface area contributed by atoms with Gasteiger partial charge in [0.1, 0.15) is 24.4 Å². The van der Waals surface area contributed by atoms with Crippen molar-refractivity contribution in [2.75, 3.05) is 13.2 Å². The minimum atomic E-state index is -0.899. The Morgan fingerprint density at radius 2 is 1.00 bits per heavy atom. The quantitative estimate of drug-likeness (QED) is 0.873. The van der Waals surface area contributed by atoms with Gasteiger partial charge in [0, 0.05) is 11.1 Å². The summed E-state index contributed by atoms with van der Waals surface area (Å²) in [6.07, 6.45) is -4.47. The standard InChI is InChI=1S/C20H22O6/c21-15-11-23-19(13-7-3-1-4-8-13)25-17(15)18-16(22)12-24-20(26-18)14-9-5-2-6-10-14/h1-10,15-22H,11-12H2/t15-,16-,17+,18?,19?,20?/m0/s1. The van der Waals surface area contributed by atoms with Gasteiger partial charge in [-0.25, -0.2) is 0 Å². The third kappa shape index (κ3) is 3.66. The van der Waals surface area contributed by atoms with Gasteiger partial charge in [0.25, 0.3) is 0 Å². The fraction of sp³-hybridized carbons (Fsp3) is 0.400. The lowest BCUT2D eigenvalue weighted by Gasteiger charge is -2.43. The van der Waals surface area contributed by atoms with Gasteiger partial charge in [-0.3, -0.25) is 0 Å². The summed E-state index contributed by atoms with van der Waals surface area (Å²) in [5.74, 6) is 0. The molecule has 0 amide bonds. The molecule has 2 aromatic carbocycles. The van der Waals surface area contributed by atoms with E-state index in [0.717, 1.165) is 11.1 Å². The number of ether oxygens (including phenoxy) is 4. The van der Waals surface area contributed by atoms with Crippen LogP contribution in [-0.4, -0.2) is 47.8 Å². The van der Waals surface area contributed by atoms with Gasteiger partial charge in [0.05, 0.1) is 13.2 Å². The van der Waals surface area contributed by atoms with E-state index in [9.17, 15) is 10.2 Å². The third-order valence-corrected chi connectivity index (χ3v) is 4.62. The highest BCUT2D eigenvalue weighted by atomic mass is 16.7. The summed E-state index contributed by atoms with van der Waals surface area (Å²) < 4.78 is 23.1. The molecule has 4 rings (SSSR count). The van der Waals surface area contributed by atoms with E-state index in [4.69, 9.17) is 18.9 Å². The van der Waals surface area contributed by atoms with E-state index in [-0.39, 0.29) is 13.2 Å². The van der Waals surface area contributed by atoms with E-state index in [1.807, 2.05) is 60.7 Å². The highest BCUT2D eigenvalue weighted by molar-refractivity contribution is 5.18. The number of benzene rings is 2. The maximum Gasteiger partial charge on any atom is 0.184 e. The molecule has 6 nitrogen and oxygen atoms in total. The SMILES string of the molecule is O[C@H]1COC(c2ccccc2)OC1[C@@H]1OC(c2ccccc2)OC[C@@H]1O. The molecule has 2 aromatic rings. The molecule has 2 N–H and O–H groups in total. The smallest absolute Gasteiger partial charge is 0.184 e. The molecule has 2 aliphatic rings. The molecule has 2 fully saturated rings. The molecule has 2 saturated heterocycles. The zero-order valence-electron chi connectivity index (χ0n) is 14.2. The van der Waals surface area contributed by atoms with Crippen LogP contribution in [0.1, 0.15) is 23.7 Å². The molecule has 0 bridgehead atoms. The molecule has 0 aliphatic carbocycles.